The average molecular weight is 185 g/mol. The van der Waals surface area contributed by atoms with Crippen LogP contribution in [0.4, 0.5) is 0 Å². The van der Waals surface area contributed by atoms with Crippen molar-refractivity contribution in [2.45, 2.75) is 71.3 Å². The van der Waals surface area contributed by atoms with Crippen molar-refractivity contribution in [1.29, 1.82) is 0 Å². The van der Waals surface area contributed by atoms with E-state index in [4.69, 9.17) is 0 Å². The Labute approximate surface area is 82.1 Å². The highest BCUT2D eigenvalue weighted by Gasteiger charge is 2.26. The zero-order chi connectivity index (χ0) is 10.2. The largest absolute Gasteiger partial charge is 0.150 e. The van der Waals surface area contributed by atoms with Crippen LogP contribution < -0.4 is 0 Å². The second kappa shape index (κ2) is 7.05. The summed E-state index contributed by atoms with van der Waals surface area (Å²) in [6.07, 6.45) is 7.68. The zero-order valence-electron chi connectivity index (χ0n) is 9.31. The molecule has 0 rings (SSSR count). The van der Waals surface area contributed by atoms with Crippen molar-refractivity contribution >= 4 is 0 Å². The highest BCUT2D eigenvalue weighted by Crippen LogP contribution is 2.27. The number of nitroso groups, excluding NO2 is 1. The molecule has 0 unspecified atom stereocenters. The SMILES string of the molecule is CCCCCCC(CC)(CC)N=O. The summed E-state index contributed by atoms with van der Waals surface area (Å²) in [6, 6.07) is 0. The maximum atomic E-state index is 10.7. The van der Waals surface area contributed by atoms with Gasteiger partial charge in [0.2, 0.25) is 0 Å². The number of unbranched alkanes of at least 4 members (excludes halogenated alkanes) is 3. The monoisotopic (exact) mass is 185 g/mol. The van der Waals surface area contributed by atoms with Crippen molar-refractivity contribution in [2.24, 2.45) is 5.18 Å². The molecule has 0 spiro atoms. The van der Waals surface area contributed by atoms with Crippen LogP contribution in [0.2, 0.25) is 0 Å². The van der Waals surface area contributed by atoms with Gasteiger partial charge in [0.25, 0.3) is 0 Å². The van der Waals surface area contributed by atoms with Crippen molar-refractivity contribution in [3.63, 3.8) is 0 Å². The maximum Gasteiger partial charge on any atom is 0.102 e. The minimum absolute atomic E-state index is 0.256. The smallest absolute Gasteiger partial charge is 0.102 e. The van der Waals surface area contributed by atoms with Crippen LogP contribution in [0.1, 0.15) is 65.7 Å². The number of rotatable bonds is 8. The Kier molecular flexibility index (Phi) is 6.83. The molecule has 0 amide bonds. The topological polar surface area (TPSA) is 29.4 Å². The molecule has 0 saturated heterocycles. The van der Waals surface area contributed by atoms with Gasteiger partial charge in [0, 0.05) is 0 Å². The molecule has 0 aliphatic rings. The van der Waals surface area contributed by atoms with E-state index in [1.807, 2.05) is 0 Å². The van der Waals surface area contributed by atoms with Gasteiger partial charge in [-0.25, -0.2) is 0 Å². The molecule has 0 aromatic carbocycles. The van der Waals surface area contributed by atoms with E-state index in [0.717, 1.165) is 25.7 Å². The molecular weight excluding hydrogens is 162 g/mol. The first-order chi connectivity index (χ1) is 6.24. The normalized spacial score (nSPS) is 11.6. The molecule has 0 saturated carbocycles. The molecule has 0 radical (unpaired) electrons. The Morgan fingerprint density at radius 1 is 1.00 bits per heavy atom. The van der Waals surface area contributed by atoms with E-state index in [1.54, 1.807) is 0 Å². The van der Waals surface area contributed by atoms with E-state index in [9.17, 15) is 4.91 Å². The lowest BCUT2D eigenvalue weighted by molar-refractivity contribution is 0.351. The van der Waals surface area contributed by atoms with Crippen LogP contribution in [-0.4, -0.2) is 5.54 Å². The Morgan fingerprint density at radius 2 is 1.62 bits per heavy atom. The molecule has 78 valence electrons. The van der Waals surface area contributed by atoms with E-state index in [0.29, 0.717) is 0 Å². The van der Waals surface area contributed by atoms with Gasteiger partial charge < -0.3 is 0 Å². The zero-order valence-corrected chi connectivity index (χ0v) is 9.31. The van der Waals surface area contributed by atoms with Crippen LogP contribution in [0.25, 0.3) is 0 Å². The fourth-order valence-corrected chi connectivity index (χ4v) is 1.66. The van der Waals surface area contributed by atoms with Crippen LogP contribution in [0.15, 0.2) is 5.18 Å². The summed E-state index contributed by atoms with van der Waals surface area (Å²) >= 11 is 0. The fraction of sp³-hybridized carbons (Fsp3) is 1.00. The quantitative estimate of drug-likeness (QED) is 0.410. The summed E-state index contributed by atoms with van der Waals surface area (Å²) in [6.45, 7) is 6.32. The van der Waals surface area contributed by atoms with E-state index < -0.39 is 0 Å². The summed E-state index contributed by atoms with van der Waals surface area (Å²) in [4.78, 5) is 10.7. The molecule has 0 aromatic rings. The van der Waals surface area contributed by atoms with Gasteiger partial charge in [0.1, 0.15) is 5.54 Å². The van der Waals surface area contributed by atoms with Crippen LogP contribution in [0.5, 0.6) is 0 Å². The third kappa shape index (κ3) is 4.39. The number of nitrogens with zero attached hydrogens (tertiary/aromatic N) is 1. The lowest BCUT2D eigenvalue weighted by atomic mass is 9.88. The predicted molar refractivity (Wildman–Crippen MR) is 57.9 cm³/mol. The lowest BCUT2D eigenvalue weighted by Crippen LogP contribution is -2.23. The minimum Gasteiger partial charge on any atom is -0.150 e. The third-order valence-electron chi connectivity index (χ3n) is 3.01. The molecule has 0 aliphatic carbocycles. The highest BCUT2D eigenvalue weighted by atomic mass is 16.3. The van der Waals surface area contributed by atoms with Gasteiger partial charge in [0.15, 0.2) is 0 Å². The summed E-state index contributed by atoms with van der Waals surface area (Å²) in [5.41, 5.74) is -0.256. The Morgan fingerprint density at radius 3 is 2.00 bits per heavy atom. The molecular formula is C11H23NO. The van der Waals surface area contributed by atoms with E-state index in [1.165, 1.54) is 19.3 Å². The van der Waals surface area contributed by atoms with Gasteiger partial charge in [-0.05, 0) is 19.3 Å². The van der Waals surface area contributed by atoms with Crippen LogP contribution in [0.3, 0.4) is 0 Å². The van der Waals surface area contributed by atoms with Gasteiger partial charge in [-0.3, -0.25) is 0 Å². The first-order valence-electron chi connectivity index (χ1n) is 5.59. The van der Waals surface area contributed by atoms with Gasteiger partial charge in [-0.15, -0.1) is 0 Å². The maximum absolute atomic E-state index is 10.7. The third-order valence-corrected chi connectivity index (χ3v) is 3.01. The number of hydrogen-bond acceptors (Lipinski definition) is 2. The molecule has 0 fully saturated rings. The second-order valence-corrected chi connectivity index (χ2v) is 3.83. The summed E-state index contributed by atoms with van der Waals surface area (Å²) in [5, 5.41) is 3.30. The van der Waals surface area contributed by atoms with E-state index in [2.05, 4.69) is 25.9 Å². The molecule has 0 bridgehead atoms. The first kappa shape index (κ1) is 12.6. The fourth-order valence-electron chi connectivity index (χ4n) is 1.66. The minimum atomic E-state index is -0.256. The van der Waals surface area contributed by atoms with Gasteiger partial charge >= 0.3 is 0 Å². The Hall–Kier alpha value is -0.400. The van der Waals surface area contributed by atoms with Crippen molar-refractivity contribution in [3.05, 3.63) is 4.91 Å². The average Bonchev–Trinajstić information content (AvgIpc) is 2.20. The van der Waals surface area contributed by atoms with Crippen molar-refractivity contribution in [3.8, 4) is 0 Å². The first-order valence-corrected chi connectivity index (χ1v) is 5.59. The van der Waals surface area contributed by atoms with Crippen LogP contribution in [0, 0.1) is 4.91 Å². The molecule has 0 aromatic heterocycles. The van der Waals surface area contributed by atoms with Gasteiger partial charge in [-0.2, -0.15) is 4.91 Å². The highest BCUT2D eigenvalue weighted by molar-refractivity contribution is 4.84. The Balaban J connectivity index is 3.75. The van der Waals surface area contributed by atoms with E-state index >= 15 is 0 Å². The molecule has 13 heavy (non-hydrogen) atoms. The van der Waals surface area contributed by atoms with Crippen molar-refractivity contribution < 1.29 is 0 Å². The summed E-state index contributed by atoms with van der Waals surface area (Å²) < 4.78 is 0. The molecule has 0 aliphatic heterocycles. The van der Waals surface area contributed by atoms with Gasteiger partial charge in [-0.1, -0.05) is 51.6 Å². The lowest BCUT2D eigenvalue weighted by Gasteiger charge is -2.22. The summed E-state index contributed by atoms with van der Waals surface area (Å²) in [7, 11) is 0. The molecule has 0 N–H and O–H groups in total. The Bertz CT molecular complexity index is 130. The number of hydrogen-bond donors (Lipinski definition) is 0. The standard InChI is InChI=1S/C11H23NO/c1-4-7-8-9-10-11(5-2,6-3)12-13/h4-10H2,1-3H3. The van der Waals surface area contributed by atoms with Crippen LogP contribution in [-0.2, 0) is 0 Å². The molecule has 2 nitrogen and oxygen atoms in total. The van der Waals surface area contributed by atoms with E-state index in [-0.39, 0.29) is 5.54 Å². The van der Waals surface area contributed by atoms with Gasteiger partial charge in [0.05, 0.1) is 0 Å². The van der Waals surface area contributed by atoms with Crippen LogP contribution >= 0.6 is 0 Å². The molecule has 2 heteroatoms. The predicted octanol–water partition coefficient (Wildman–Crippen LogP) is 4.28. The molecule has 0 atom stereocenters. The summed E-state index contributed by atoms with van der Waals surface area (Å²) in [5.74, 6) is 0. The second-order valence-electron chi connectivity index (χ2n) is 3.83. The molecule has 0 heterocycles. The van der Waals surface area contributed by atoms with Crippen molar-refractivity contribution in [1.82, 2.24) is 0 Å². The van der Waals surface area contributed by atoms with Crippen molar-refractivity contribution in [2.75, 3.05) is 0 Å².